The van der Waals surface area contributed by atoms with Crippen molar-refractivity contribution in [3.63, 3.8) is 0 Å². The van der Waals surface area contributed by atoms with Crippen LogP contribution in [0.25, 0.3) is 0 Å². The molecule has 0 spiro atoms. The molecule has 0 aromatic rings. The SMILES string of the molecule is CCC(C)C(C)NCC(C)(C)CN(C)C. The highest BCUT2D eigenvalue weighted by molar-refractivity contribution is 4.77. The zero-order chi connectivity index (χ0) is 12.1. The first kappa shape index (κ1) is 14.9. The minimum atomic E-state index is 0.352. The summed E-state index contributed by atoms with van der Waals surface area (Å²) < 4.78 is 0. The second-order valence-corrected chi connectivity index (χ2v) is 5.96. The van der Waals surface area contributed by atoms with Gasteiger partial charge in [0.05, 0.1) is 0 Å². The smallest absolute Gasteiger partial charge is 0.00644 e. The summed E-state index contributed by atoms with van der Waals surface area (Å²) in [7, 11) is 4.28. The lowest BCUT2D eigenvalue weighted by atomic mass is 9.91. The predicted octanol–water partition coefficient (Wildman–Crippen LogP) is 2.60. The van der Waals surface area contributed by atoms with Crippen LogP contribution < -0.4 is 5.32 Å². The van der Waals surface area contributed by atoms with E-state index in [0.717, 1.165) is 19.0 Å². The van der Waals surface area contributed by atoms with E-state index in [2.05, 4.69) is 58.9 Å². The summed E-state index contributed by atoms with van der Waals surface area (Å²) in [6, 6.07) is 0.622. The minimum absolute atomic E-state index is 0.352. The predicted molar refractivity (Wildman–Crippen MR) is 69.3 cm³/mol. The van der Waals surface area contributed by atoms with E-state index in [9.17, 15) is 0 Å². The summed E-state index contributed by atoms with van der Waals surface area (Å²) in [6.45, 7) is 13.7. The maximum atomic E-state index is 3.65. The van der Waals surface area contributed by atoms with Gasteiger partial charge in [0.1, 0.15) is 0 Å². The Labute approximate surface area is 96.4 Å². The minimum Gasteiger partial charge on any atom is -0.313 e. The Hall–Kier alpha value is -0.0800. The first-order valence-electron chi connectivity index (χ1n) is 6.16. The molecule has 0 aliphatic rings. The highest BCUT2D eigenvalue weighted by atomic mass is 15.1. The molecule has 0 saturated carbocycles. The highest BCUT2D eigenvalue weighted by Crippen LogP contribution is 2.16. The lowest BCUT2D eigenvalue weighted by molar-refractivity contribution is 0.218. The van der Waals surface area contributed by atoms with Crippen LogP contribution in [0.3, 0.4) is 0 Å². The molecule has 2 heteroatoms. The Kier molecular flexibility index (Phi) is 6.46. The van der Waals surface area contributed by atoms with Crippen molar-refractivity contribution in [2.24, 2.45) is 11.3 Å². The molecule has 0 fully saturated rings. The van der Waals surface area contributed by atoms with Gasteiger partial charge in [-0.2, -0.15) is 0 Å². The van der Waals surface area contributed by atoms with Crippen molar-refractivity contribution in [3.8, 4) is 0 Å². The van der Waals surface area contributed by atoms with Gasteiger partial charge in [-0.05, 0) is 32.4 Å². The molecule has 2 atom stereocenters. The molecular formula is C13H30N2. The summed E-state index contributed by atoms with van der Waals surface area (Å²) in [4.78, 5) is 2.26. The Morgan fingerprint density at radius 1 is 1.20 bits per heavy atom. The van der Waals surface area contributed by atoms with Gasteiger partial charge < -0.3 is 10.2 Å². The Bertz CT molecular complexity index is 164. The summed E-state index contributed by atoms with van der Waals surface area (Å²) in [5.41, 5.74) is 0.352. The largest absolute Gasteiger partial charge is 0.313 e. The third-order valence-corrected chi connectivity index (χ3v) is 3.14. The van der Waals surface area contributed by atoms with Crippen LogP contribution in [0, 0.1) is 11.3 Å². The van der Waals surface area contributed by atoms with E-state index in [-0.39, 0.29) is 0 Å². The molecule has 0 aromatic heterocycles. The lowest BCUT2D eigenvalue weighted by Gasteiger charge is -2.31. The quantitative estimate of drug-likeness (QED) is 0.701. The molecule has 0 aliphatic carbocycles. The van der Waals surface area contributed by atoms with Crippen molar-refractivity contribution < 1.29 is 0 Å². The molecule has 0 radical (unpaired) electrons. The van der Waals surface area contributed by atoms with Crippen molar-refractivity contribution >= 4 is 0 Å². The van der Waals surface area contributed by atoms with Crippen molar-refractivity contribution in [1.82, 2.24) is 10.2 Å². The molecule has 0 aromatic carbocycles. The summed E-state index contributed by atoms with van der Waals surface area (Å²) in [6.07, 6.45) is 1.25. The zero-order valence-corrected chi connectivity index (χ0v) is 11.7. The van der Waals surface area contributed by atoms with Crippen LogP contribution in [0.4, 0.5) is 0 Å². The summed E-state index contributed by atoms with van der Waals surface area (Å²) in [5, 5.41) is 3.65. The van der Waals surface area contributed by atoms with E-state index in [4.69, 9.17) is 0 Å². The fourth-order valence-corrected chi connectivity index (χ4v) is 1.90. The monoisotopic (exact) mass is 214 g/mol. The number of nitrogens with one attached hydrogen (secondary N) is 1. The van der Waals surface area contributed by atoms with Crippen LogP contribution in [-0.2, 0) is 0 Å². The van der Waals surface area contributed by atoms with E-state index in [0.29, 0.717) is 11.5 Å². The van der Waals surface area contributed by atoms with Crippen molar-refractivity contribution in [2.75, 3.05) is 27.2 Å². The van der Waals surface area contributed by atoms with Crippen LogP contribution in [0.15, 0.2) is 0 Å². The third-order valence-electron chi connectivity index (χ3n) is 3.14. The maximum absolute atomic E-state index is 3.65. The molecule has 2 nitrogen and oxygen atoms in total. The molecule has 0 bridgehead atoms. The van der Waals surface area contributed by atoms with Crippen LogP contribution in [-0.4, -0.2) is 38.1 Å². The molecule has 0 rings (SSSR count). The Morgan fingerprint density at radius 3 is 2.13 bits per heavy atom. The molecular weight excluding hydrogens is 184 g/mol. The van der Waals surface area contributed by atoms with Gasteiger partial charge in [-0.3, -0.25) is 0 Å². The van der Waals surface area contributed by atoms with E-state index < -0.39 is 0 Å². The topological polar surface area (TPSA) is 15.3 Å². The van der Waals surface area contributed by atoms with Crippen molar-refractivity contribution in [1.29, 1.82) is 0 Å². The fraction of sp³-hybridized carbons (Fsp3) is 1.00. The first-order chi connectivity index (χ1) is 6.78. The van der Waals surface area contributed by atoms with Crippen molar-refractivity contribution in [3.05, 3.63) is 0 Å². The van der Waals surface area contributed by atoms with Crippen LogP contribution in [0.1, 0.15) is 41.0 Å². The Balaban J connectivity index is 3.92. The molecule has 92 valence electrons. The summed E-state index contributed by atoms with van der Waals surface area (Å²) in [5.74, 6) is 0.764. The van der Waals surface area contributed by atoms with Gasteiger partial charge in [0, 0.05) is 19.1 Å². The molecule has 0 heterocycles. The van der Waals surface area contributed by atoms with Gasteiger partial charge in [-0.25, -0.2) is 0 Å². The number of hydrogen-bond donors (Lipinski definition) is 1. The number of hydrogen-bond acceptors (Lipinski definition) is 2. The Morgan fingerprint density at radius 2 is 1.73 bits per heavy atom. The highest BCUT2D eigenvalue weighted by Gasteiger charge is 2.20. The van der Waals surface area contributed by atoms with Gasteiger partial charge in [-0.15, -0.1) is 0 Å². The van der Waals surface area contributed by atoms with Gasteiger partial charge in [0.25, 0.3) is 0 Å². The molecule has 0 saturated heterocycles. The van der Waals surface area contributed by atoms with Crippen LogP contribution in [0.2, 0.25) is 0 Å². The second kappa shape index (κ2) is 6.49. The third kappa shape index (κ3) is 6.91. The van der Waals surface area contributed by atoms with Gasteiger partial charge >= 0.3 is 0 Å². The van der Waals surface area contributed by atoms with Gasteiger partial charge in [0.15, 0.2) is 0 Å². The maximum Gasteiger partial charge on any atom is 0.00644 e. The van der Waals surface area contributed by atoms with Crippen molar-refractivity contribution in [2.45, 2.75) is 47.1 Å². The molecule has 0 amide bonds. The van der Waals surface area contributed by atoms with Gasteiger partial charge in [0.2, 0.25) is 0 Å². The van der Waals surface area contributed by atoms with E-state index in [1.165, 1.54) is 6.42 Å². The number of rotatable bonds is 7. The summed E-state index contributed by atoms with van der Waals surface area (Å²) >= 11 is 0. The first-order valence-corrected chi connectivity index (χ1v) is 6.16. The van der Waals surface area contributed by atoms with E-state index >= 15 is 0 Å². The van der Waals surface area contributed by atoms with E-state index in [1.54, 1.807) is 0 Å². The lowest BCUT2D eigenvalue weighted by Crippen LogP contribution is -2.42. The fourth-order valence-electron chi connectivity index (χ4n) is 1.90. The van der Waals surface area contributed by atoms with Crippen LogP contribution in [0.5, 0.6) is 0 Å². The number of nitrogens with zero attached hydrogens (tertiary/aromatic N) is 1. The molecule has 15 heavy (non-hydrogen) atoms. The zero-order valence-electron chi connectivity index (χ0n) is 11.7. The second-order valence-electron chi connectivity index (χ2n) is 5.96. The molecule has 0 aliphatic heterocycles. The van der Waals surface area contributed by atoms with Gasteiger partial charge in [-0.1, -0.05) is 34.1 Å². The van der Waals surface area contributed by atoms with E-state index in [1.807, 2.05) is 0 Å². The average molecular weight is 214 g/mol. The average Bonchev–Trinajstić information content (AvgIpc) is 2.11. The molecule has 2 unspecified atom stereocenters. The standard InChI is InChI=1S/C13H30N2/c1-8-11(2)12(3)14-9-13(4,5)10-15(6)7/h11-12,14H,8-10H2,1-7H3. The van der Waals surface area contributed by atoms with Crippen LogP contribution >= 0.6 is 0 Å². The normalized spacial score (nSPS) is 16.8. The molecule has 1 N–H and O–H groups in total.